The number of nitrogens with two attached hydrogens (primary N) is 1. The van der Waals surface area contributed by atoms with E-state index in [2.05, 4.69) is 65.0 Å². The molecule has 0 aliphatic rings. The Balaban J connectivity index is 0. The lowest BCUT2D eigenvalue weighted by Gasteiger charge is -1.97. The average molecular weight is 263 g/mol. The average Bonchev–Trinajstić information content (AvgIpc) is 2.46. The molecule has 1 nitrogen and oxygen atoms in total. The third kappa shape index (κ3) is 14.9. The van der Waals surface area contributed by atoms with Gasteiger partial charge in [0.2, 0.25) is 0 Å². The molecule has 0 spiro atoms. The first-order chi connectivity index (χ1) is 9.19. The number of hydrogen-bond acceptors (Lipinski definition) is 1. The fourth-order valence-electron chi connectivity index (χ4n) is 1.12. The second-order valence-electron chi connectivity index (χ2n) is 4.44. The van der Waals surface area contributed by atoms with E-state index >= 15 is 0 Å². The van der Waals surface area contributed by atoms with E-state index in [0.29, 0.717) is 6.54 Å². The van der Waals surface area contributed by atoms with Crippen molar-refractivity contribution in [3.05, 3.63) is 41.5 Å². The molecule has 110 valence electrons. The van der Waals surface area contributed by atoms with Crippen LogP contribution in [0.3, 0.4) is 0 Å². The lowest BCUT2D eigenvalue weighted by molar-refractivity contribution is 0.886. The molecular formula is C18H33N. The van der Waals surface area contributed by atoms with E-state index in [1.165, 1.54) is 30.4 Å². The van der Waals surface area contributed by atoms with Gasteiger partial charge < -0.3 is 5.73 Å². The maximum atomic E-state index is 5.36. The van der Waals surface area contributed by atoms with Gasteiger partial charge in [0.15, 0.2) is 0 Å². The third-order valence-electron chi connectivity index (χ3n) is 2.31. The molecule has 0 unspecified atom stereocenters. The molecule has 1 rings (SSSR count). The van der Waals surface area contributed by atoms with Crippen LogP contribution in [-0.2, 0) is 6.42 Å². The molecule has 0 saturated heterocycles. The predicted molar refractivity (Wildman–Crippen MR) is 90.5 cm³/mol. The van der Waals surface area contributed by atoms with Gasteiger partial charge in [-0.15, -0.1) is 0 Å². The maximum Gasteiger partial charge on any atom is 0.0110 e. The Morgan fingerprint density at radius 1 is 1.00 bits per heavy atom. The number of unbranched alkanes of at least 4 members (excludes halogenated alkanes) is 1. The summed E-state index contributed by atoms with van der Waals surface area (Å²) in [5.74, 6) is 0. The van der Waals surface area contributed by atoms with E-state index in [4.69, 9.17) is 5.73 Å². The SMILES string of the molecule is CCC.CCCC.CCc1cccc(/C=C/CN)c1. The molecule has 0 aromatic heterocycles. The van der Waals surface area contributed by atoms with Gasteiger partial charge in [-0.2, -0.15) is 0 Å². The molecule has 0 bridgehead atoms. The maximum absolute atomic E-state index is 5.36. The molecule has 1 heteroatoms. The van der Waals surface area contributed by atoms with Crippen molar-refractivity contribution in [1.29, 1.82) is 0 Å². The van der Waals surface area contributed by atoms with Crippen molar-refractivity contribution in [3.8, 4) is 0 Å². The fraction of sp³-hybridized carbons (Fsp3) is 0.556. The highest BCUT2D eigenvalue weighted by Crippen LogP contribution is 2.07. The molecule has 19 heavy (non-hydrogen) atoms. The smallest absolute Gasteiger partial charge is 0.0110 e. The van der Waals surface area contributed by atoms with E-state index < -0.39 is 0 Å². The summed E-state index contributed by atoms with van der Waals surface area (Å²) in [7, 11) is 0. The van der Waals surface area contributed by atoms with Gasteiger partial charge in [0, 0.05) is 6.54 Å². The monoisotopic (exact) mass is 263 g/mol. The number of hydrogen-bond donors (Lipinski definition) is 1. The molecule has 0 amide bonds. The zero-order chi connectivity index (χ0) is 14.9. The summed E-state index contributed by atoms with van der Waals surface area (Å²) < 4.78 is 0. The van der Waals surface area contributed by atoms with Gasteiger partial charge in [0.25, 0.3) is 0 Å². The predicted octanol–water partition coefficient (Wildman–Crippen LogP) is 5.44. The van der Waals surface area contributed by atoms with Crippen molar-refractivity contribution in [2.45, 2.75) is 60.3 Å². The van der Waals surface area contributed by atoms with Crippen LogP contribution in [-0.4, -0.2) is 6.54 Å². The highest BCUT2D eigenvalue weighted by atomic mass is 14.5. The highest BCUT2D eigenvalue weighted by molar-refractivity contribution is 5.50. The molecule has 0 aliphatic carbocycles. The summed E-state index contributed by atoms with van der Waals surface area (Å²) in [5, 5.41) is 0. The van der Waals surface area contributed by atoms with Crippen molar-refractivity contribution >= 4 is 6.08 Å². The second-order valence-corrected chi connectivity index (χ2v) is 4.44. The quantitative estimate of drug-likeness (QED) is 0.768. The first-order valence-electron chi connectivity index (χ1n) is 7.65. The van der Waals surface area contributed by atoms with E-state index in [-0.39, 0.29) is 0 Å². The van der Waals surface area contributed by atoms with Crippen molar-refractivity contribution in [2.24, 2.45) is 5.73 Å². The van der Waals surface area contributed by atoms with E-state index in [1.54, 1.807) is 0 Å². The number of rotatable bonds is 4. The van der Waals surface area contributed by atoms with Gasteiger partial charge in [-0.3, -0.25) is 0 Å². The minimum absolute atomic E-state index is 0.607. The van der Waals surface area contributed by atoms with Crippen molar-refractivity contribution in [2.75, 3.05) is 6.54 Å². The van der Waals surface area contributed by atoms with Gasteiger partial charge >= 0.3 is 0 Å². The van der Waals surface area contributed by atoms with Gasteiger partial charge in [0.05, 0.1) is 0 Å². The van der Waals surface area contributed by atoms with E-state index in [0.717, 1.165) is 6.42 Å². The van der Waals surface area contributed by atoms with E-state index in [9.17, 15) is 0 Å². The van der Waals surface area contributed by atoms with Crippen LogP contribution in [0.25, 0.3) is 6.08 Å². The molecule has 1 aromatic carbocycles. The largest absolute Gasteiger partial charge is 0.327 e. The standard InChI is InChI=1S/C11H15N.C4H10.C3H8/c1-2-10-5-3-6-11(9-10)7-4-8-12;1-3-4-2;1-3-2/h3-7,9H,2,8,12H2,1H3;3-4H2,1-2H3;3H2,1-2H3/b7-4+;;. The van der Waals surface area contributed by atoms with Crippen molar-refractivity contribution in [3.63, 3.8) is 0 Å². The Morgan fingerprint density at radius 2 is 1.58 bits per heavy atom. The van der Waals surface area contributed by atoms with Crippen LogP contribution < -0.4 is 5.73 Å². The van der Waals surface area contributed by atoms with Crippen LogP contribution in [0.5, 0.6) is 0 Å². The van der Waals surface area contributed by atoms with Crippen LogP contribution in [0, 0.1) is 0 Å². The normalized spacial score (nSPS) is 9.37. The van der Waals surface area contributed by atoms with E-state index in [1.807, 2.05) is 6.08 Å². The minimum atomic E-state index is 0.607. The zero-order valence-corrected chi connectivity index (χ0v) is 13.6. The van der Waals surface area contributed by atoms with Crippen LogP contribution in [0.2, 0.25) is 0 Å². The van der Waals surface area contributed by atoms with Gasteiger partial charge in [-0.25, -0.2) is 0 Å². The van der Waals surface area contributed by atoms with Crippen molar-refractivity contribution in [1.82, 2.24) is 0 Å². The topological polar surface area (TPSA) is 26.0 Å². The zero-order valence-electron chi connectivity index (χ0n) is 13.6. The Kier molecular flexibility index (Phi) is 18.0. The number of benzene rings is 1. The summed E-state index contributed by atoms with van der Waals surface area (Å²) in [6, 6.07) is 8.49. The first kappa shape index (κ1) is 20.2. The molecule has 0 atom stereocenters. The molecule has 0 saturated carbocycles. The Hall–Kier alpha value is -1.08. The molecule has 0 aliphatic heterocycles. The van der Waals surface area contributed by atoms with Gasteiger partial charge in [-0.05, 0) is 17.5 Å². The summed E-state index contributed by atoms with van der Waals surface area (Å²) in [5.41, 5.74) is 7.97. The Labute approximate surface area is 120 Å². The van der Waals surface area contributed by atoms with Crippen molar-refractivity contribution < 1.29 is 0 Å². The highest BCUT2D eigenvalue weighted by Gasteiger charge is 1.88. The first-order valence-corrected chi connectivity index (χ1v) is 7.65. The molecule has 0 radical (unpaired) electrons. The van der Waals surface area contributed by atoms with Crippen LogP contribution >= 0.6 is 0 Å². The summed E-state index contributed by atoms with van der Waals surface area (Å²) in [6.45, 7) is 11.4. The van der Waals surface area contributed by atoms with Gasteiger partial charge in [-0.1, -0.05) is 90.3 Å². The Morgan fingerprint density at radius 3 is 2.00 bits per heavy atom. The summed E-state index contributed by atoms with van der Waals surface area (Å²) in [4.78, 5) is 0. The molecule has 0 heterocycles. The lowest BCUT2D eigenvalue weighted by atomic mass is 10.1. The minimum Gasteiger partial charge on any atom is -0.327 e. The molecule has 1 aromatic rings. The molecule has 0 fully saturated rings. The summed E-state index contributed by atoms with van der Waals surface area (Å²) in [6.07, 6.45) is 9.00. The third-order valence-corrected chi connectivity index (χ3v) is 2.31. The summed E-state index contributed by atoms with van der Waals surface area (Å²) >= 11 is 0. The van der Waals surface area contributed by atoms with Crippen LogP contribution in [0.4, 0.5) is 0 Å². The van der Waals surface area contributed by atoms with Crippen LogP contribution in [0.1, 0.15) is 65.0 Å². The van der Waals surface area contributed by atoms with Crippen LogP contribution in [0.15, 0.2) is 30.3 Å². The number of aryl methyl sites for hydroxylation is 1. The fourth-order valence-corrected chi connectivity index (χ4v) is 1.12. The van der Waals surface area contributed by atoms with Gasteiger partial charge in [0.1, 0.15) is 0 Å². The molecular weight excluding hydrogens is 230 g/mol. The second kappa shape index (κ2) is 16.9. The molecule has 2 N–H and O–H groups in total. The Bertz CT molecular complexity index is 300. The lowest BCUT2D eigenvalue weighted by Crippen LogP contribution is -1.92.